The first-order chi connectivity index (χ1) is 29.7. The third kappa shape index (κ3) is 7.76. The van der Waals surface area contributed by atoms with Gasteiger partial charge in [-0.05, 0) is 63.7 Å². The summed E-state index contributed by atoms with van der Waals surface area (Å²) in [6, 6.07) is 77.1. The molecule has 0 saturated heterocycles. The van der Waals surface area contributed by atoms with Gasteiger partial charge in [0.2, 0.25) is 0 Å². The number of benzene rings is 8. The van der Waals surface area contributed by atoms with Crippen molar-refractivity contribution in [2.24, 2.45) is 0 Å². The summed E-state index contributed by atoms with van der Waals surface area (Å²) in [4.78, 5) is 25.2. The summed E-state index contributed by atoms with van der Waals surface area (Å²) in [5.41, 5.74) is 14.2. The fraction of sp³-hybridized carbons (Fsp3) is 0. The number of aromatic nitrogens is 5. The average Bonchev–Trinajstić information content (AvgIpc) is 3.35. The Morgan fingerprint density at radius 3 is 0.817 bits per heavy atom. The predicted molar refractivity (Wildman–Crippen MR) is 244 cm³/mol. The maximum atomic E-state index is 5.16. The smallest absolute Gasteiger partial charge is 0.164 e. The minimum Gasteiger partial charge on any atom is -0.228 e. The minimum absolute atomic E-state index is 0.614. The lowest BCUT2D eigenvalue weighted by atomic mass is 9.96. The summed E-state index contributed by atoms with van der Waals surface area (Å²) in [7, 11) is 0. The zero-order valence-corrected chi connectivity index (χ0v) is 32.6. The van der Waals surface area contributed by atoms with Crippen molar-refractivity contribution in [3.8, 4) is 101 Å². The maximum Gasteiger partial charge on any atom is 0.164 e. The van der Waals surface area contributed by atoms with Gasteiger partial charge in [-0.3, -0.25) is 0 Å². The van der Waals surface area contributed by atoms with E-state index in [0.717, 1.165) is 67.0 Å². The third-order valence-electron chi connectivity index (χ3n) is 10.5. The molecule has 10 aromatic rings. The van der Waals surface area contributed by atoms with Gasteiger partial charge in [0.1, 0.15) is 0 Å². The van der Waals surface area contributed by atoms with E-state index in [1.807, 2.05) is 84.9 Å². The lowest BCUT2D eigenvalue weighted by molar-refractivity contribution is 1.07. The van der Waals surface area contributed by atoms with Gasteiger partial charge in [-0.1, -0.05) is 194 Å². The van der Waals surface area contributed by atoms with Gasteiger partial charge < -0.3 is 0 Å². The van der Waals surface area contributed by atoms with Gasteiger partial charge in [0.15, 0.2) is 23.3 Å². The van der Waals surface area contributed by atoms with Crippen molar-refractivity contribution >= 4 is 0 Å². The van der Waals surface area contributed by atoms with Crippen LogP contribution < -0.4 is 0 Å². The van der Waals surface area contributed by atoms with Gasteiger partial charge in [0.05, 0.1) is 11.4 Å². The molecule has 0 bridgehead atoms. The Morgan fingerprint density at radius 1 is 0.167 bits per heavy atom. The molecule has 0 aliphatic carbocycles. The van der Waals surface area contributed by atoms with Crippen LogP contribution in [0, 0.1) is 0 Å². The predicted octanol–water partition coefficient (Wildman–Crippen LogP) is 13.7. The fourth-order valence-electron chi connectivity index (χ4n) is 7.46. The number of hydrogen-bond acceptors (Lipinski definition) is 5. The summed E-state index contributed by atoms with van der Waals surface area (Å²) in [5, 5.41) is 0. The Hall–Kier alpha value is -8.15. The van der Waals surface area contributed by atoms with E-state index in [2.05, 4.69) is 140 Å². The average molecular weight is 768 g/mol. The van der Waals surface area contributed by atoms with E-state index >= 15 is 0 Å². The van der Waals surface area contributed by atoms with E-state index < -0.39 is 0 Å². The number of hydrogen-bond donors (Lipinski definition) is 0. The summed E-state index contributed by atoms with van der Waals surface area (Å²) >= 11 is 0. The van der Waals surface area contributed by atoms with Crippen LogP contribution in [0.2, 0.25) is 0 Å². The van der Waals surface area contributed by atoms with Crippen molar-refractivity contribution in [3.63, 3.8) is 0 Å². The van der Waals surface area contributed by atoms with Gasteiger partial charge in [-0.25, -0.2) is 24.9 Å². The van der Waals surface area contributed by atoms with E-state index in [1.54, 1.807) is 0 Å². The van der Waals surface area contributed by atoms with Crippen LogP contribution in [-0.2, 0) is 0 Å². The van der Waals surface area contributed by atoms with Crippen LogP contribution in [0.5, 0.6) is 0 Å². The Labute approximate surface area is 349 Å². The van der Waals surface area contributed by atoms with Crippen LogP contribution in [-0.4, -0.2) is 24.9 Å². The molecule has 5 nitrogen and oxygen atoms in total. The minimum atomic E-state index is 0.614. The van der Waals surface area contributed by atoms with Crippen molar-refractivity contribution in [2.45, 2.75) is 0 Å². The summed E-state index contributed by atoms with van der Waals surface area (Å²) in [6.45, 7) is 0. The van der Waals surface area contributed by atoms with E-state index in [1.165, 1.54) is 11.1 Å². The normalized spacial score (nSPS) is 11.0. The molecule has 0 N–H and O–H groups in total. The molecule has 2 heterocycles. The lowest BCUT2D eigenvalue weighted by Gasteiger charge is -2.12. The highest BCUT2D eigenvalue weighted by Crippen LogP contribution is 2.34. The van der Waals surface area contributed by atoms with Gasteiger partial charge in [0, 0.05) is 33.4 Å². The number of nitrogens with zero attached hydrogens (tertiary/aromatic N) is 5. The second-order valence-electron chi connectivity index (χ2n) is 14.6. The molecular weight excluding hydrogens is 731 g/mol. The van der Waals surface area contributed by atoms with Crippen LogP contribution >= 0.6 is 0 Å². The fourth-order valence-corrected chi connectivity index (χ4v) is 7.46. The van der Waals surface area contributed by atoms with Crippen molar-refractivity contribution in [1.29, 1.82) is 0 Å². The van der Waals surface area contributed by atoms with E-state index in [-0.39, 0.29) is 0 Å². The molecule has 0 fully saturated rings. The third-order valence-corrected chi connectivity index (χ3v) is 10.5. The molecule has 60 heavy (non-hydrogen) atoms. The van der Waals surface area contributed by atoms with E-state index in [9.17, 15) is 0 Å². The van der Waals surface area contributed by atoms with Gasteiger partial charge in [0.25, 0.3) is 0 Å². The standard InChI is InChI=1S/C55H37N5/c1-5-17-38(18-6-1)42-25-13-26-43(33-42)44-27-14-30-47(34-44)50-37-51(57-52(56-50)39-19-7-2-8-20-39)48-31-15-28-45(35-48)46-29-16-32-49(36-46)55-59-53(40-21-9-3-10-22-40)58-54(60-55)41-23-11-4-12-24-41/h1-37H. The highest BCUT2D eigenvalue weighted by atomic mass is 15.0. The van der Waals surface area contributed by atoms with Gasteiger partial charge >= 0.3 is 0 Å². The molecule has 0 atom stereocenters. The SMILES string of the molecule is c1ccc(-c2cccc(-c3cccc(-c4cc(-c5cccc(-c6cccc(-c7nc(-c8ccccc8)nc(-c8ccccc8)n7)c6)c5)nc(-c5ccccc5)n4)c3)c2)cc1. The number of rotatable bonds is 9. The molecule has 0 radical (unpaired) electrons. The Kier molecular flexibility index (Phi) is 9.88. The zero-order valence-electron chi connectivity index (χ0n) is 32.6. The first-order valence-electron chi connectivity index (χ1n) is 20.0. The second kappa shape index (κ2) is 16.4. The largest absolute Gasteiger partial charge is 0.228 e. The zero-order chi connectivity index (χ0) is 40.1. The molecule has 0 spiro atoms. The molecule has 10 rings (SSSR count). The van der Waals surface area contributed by atoms with E-state index in [0.29, 0.717) is 23.3 Å². The molecule has 0 aliphatic rings. The first-order valence-corrected chi connectivity index (χ1v) is 20.0. The van der Waals surface area contributed by atoms with Crippen LogP contribution in [0.25, 0.3) is 101 Å². The topological polar surface area (TPSA) is 64.5 Å². The molecule has 0 unspecified atom stereocenters. The summed E-state index contributed by atoms with van der Waals surface area (Å²) in [6.07, 6.45) is 0. The van der Waals surface area contributed by atoms with E-state index in [4.69, 9.17) is 24.9 Å². The van der Waals surface area contributed by atoms with Crippen molar-refractivity contribution in [1.82, 2.24) is 24.9 Å². The maximum absolute atomic E-state index is 5.16. The lowest BCUT2D eigenvalue weighted by Crippen LogP contribution is -2.00. The van der Waals surface area contributed by atoms with Crippen LogP contribution in [0.1, 0.15) is 0 Å². The monoisotopic (exact) mass is 767 g/mol. The Bertz CT molecular complexity index is 3020. The molecule has 5 heteroatoms. The van der Waals surface area contributed by atoms with Crippen molar-refractivity contribution < 1.29 is 0 Å². The molecular formula is C55H37N5. The summed E-state index contributed by atoms with van der Waals surface area (Å²) in [5.74, 6) is 2.55. The van der Waals surface area contributed by atoms with Crippen LogP contribution in [0.3, 0.4) is 0 Å². The van der Waals surface area contributed by atoms with Gasteiger partial charge in [-0.2, -0.15) is 0 Å². The molecule has 0 amide bonds. The molecule has 0 saturated carbocycles. The molecule has 282 valence electrons. The molecule has 8 aromatic carbocycles. The second-order valence-corrected chi connectivity index (χ2v) is 14.6. The highest BCUT2D eigenvalue weighted by molar-refractivity contribution is 5.80. The highest BCUT2D eigenvalue weighted by Gasteiger charge is 2.15. The Balaban J connectivity index is 1.03. The van der Waals surface area contributed by atoms with Crippen molar-refractivity contribution in [2.75, 3.05) is 0 Å². The molecule has 2 aromatic heterocycles. The molecule has 0 aliphatic heterocycles. The Morgan fingerprint density at radius 2 is 0.417 bits per heavy atom. The van der Waals surface area contributed by atoms with Crippen LogP contribution in [0.15, 0.2) is 224 Å². The van der Waals surface area contributed by atoms with Crippen molar-refractivity contribution in [3.05, 3.63) is 224 Å². The summed E-state index contributed by atoms with van der Waals surface area (Å²) < 4.78 is 0. The van der Waals surface area contributed by atoms with Crippen LogP contribution in [0.4, 0.5) is 0 Å². The quantitative estimate of drug-likeness (QED) is 0.146. The first kappa shape index (κ1) is 36.2. The van der Waals surface area contributed by atoms with Gasteiger partial charge in [-0.15, -0.1) is 0 Å².